The number of benzene rings is 1. The van der Waals surface area contributed by atoms with Crippen LogP contribution in [0.2, 0.25) is 5.02 Å². The summed E-state index contributed by atoms with van der Waals surface area (Å²) >= 11 is 6.07. The molecule has 1 aromatic rings. The van der Waals surface area contributed by atoms with Crippen LogP contribution in [0.4, 0.5) is 5.69 Å². The number of hydrogen-bond donors (Lipinski definition) is 1. The third kappa shape index (κ3) is 3.27. The molecule has 1 N–H and O–H groups in total. The van der Waals surface area contributed by atoms with E-state index in [0.717, 1.165) is 42.6 Å². The molecule has 0 unspecified atom stereocenters. The highest BCUT2D eigenvalue weighted by Crippen LogP contribution is 2.32. The number of halogens is 1. The molecule has 0 atom stereocenters. The molecule has 1 aromatic carbocycles. The fraction of sp³-hybridized carbons (Fsp3) is 0.538. The number of rotatable bonds is 3. The first-order valence-electron chi connectivity index (χ1n) is 6.08. The van der Waals surface area contributed by atoms with Crippen molar-refractivity contribution in [2.75, 3.05) is 31.1 Å². The van der Waals surface area contributed by atoms with Crippen LogP contribution in [0.5, 0.6) is 5.75 Å². The van der Waals surface area contributed by atoms with E-state index in [9.17, 15) is 0 Å². The van der Waals surface area contributed by atoms with Crippen LogP contribution in [0, 0.1) is 0 Å². The van der Waals surface area contributed by atoms with Crippen molar-refractivity contribution in [2.24, 2.45) is 0 Å². The van der Waals surface area contributed by atoms with Gasteiger partial charge in [0, 0.05) is 31.2 Å². The molecule has 0 saturated carbocycles. The van der Waals surface area contributed by atoms with E-state index in [1.54, 1.807) is 0 Å². The van der Waals surface area contributed by atoms with Gasteiger partial charge in [-0.05, 0) is 32.0 Å². The van der Waals surface area contributed by atoms with Crippen molar-refractivity contribution in [1.82, 2.24) is 5.32 Å². The Kier molecular flexibility index (Phi) is 4.13. The van der Waals surface area contributed by atoms with Gasteiger partial charge in [-0.3, -0.25) is 0 Å². The second kappa shape index (κ2) is 5.61. The third-order valence-electron chi connectivity index (χ3n) is 2.74. The highest BCUT2D eigenvalue weighted by molar-refractivity contribution is 6.30. The van der Waals surface area contributed by atoms with Crippen LogP contribution in [0.15, 0.2) is 18.2 Å². The van der Waals surface area contributed by atoms with Crippen molar-refractivity contribution in [1.29, 1.82) is 0 Å². The van der Waals surface area contributed by atoms with Gasteiger partial charge in [-0.25, -0.2) is 0 Å². The minimum atomic E-state index is 0.179. The van der Waals surface area contributed by atoms with E-state index in [-0.39, 0.29) is 6.10 Å². The number of anilines is 1. The van der Waals surface area contributed by atoms with Crippen LogP contribution in [-0.4, -0.2) is 32.3 Å². The van der Waals surface area contributed by atoms with Gasteiger partial charge in [0.25, 0.3) is 0 Å². The highest BCUT2D eigenvalue weighted by Gasteiger charge is 2.16. The average Bonchev–Trinajstić information content (AvgIpc) is 2.32. The largest absolute Gasteiger partial charge is 0.489 e. The van der Waals surface area contributed by atoms with Crippen molar-refractivity contribution in [3.05, 3.63) is 23.2 Å². The van der Waals surface area contributed by atoms with Crippen molar-refractivity contribution in [3.8, 4) is 5.75 Å². The Hall–Kier alpha value is -0.930. The summed E-state index contributed by atoms with van der Waals surface area (Å²) in [6.45, 7) is 8.08. The third-order valence-corrected chi connectivity index (χ3v) is 2.98. The molecule has 0 aromatic heterocycles. The molecule has 0 bridgehead atoms. The van der Waals surface area contributed by atoms with Crippen LogP contribution in [0.1, 0.15) is 13.8 Å². The second-order valence-electron chi connectivity index (χ2n) is 4.52. The first-order valence-corrected chi connectivity index (χ1v) is 6.46. The van der Waals surface area contributed by atoms with E-state index < -0.39 is 0 Å². The van der Waals surface area contributed by atoms with Crippen molar-refractivity contribution < 1.29 is 4.74 Å². The van der Waals surface area contributed by atoms with Gasteiger partial charge in [-0.15, -0.1) is 0 Å². The summed E-state index contributed by atoms with van der Waals surface area (Å²) in [7, 11) is 0. The van der Waals surface area contributed by atoms with Crippen LogP contribution in [-0.2, 0) is 0 Å². The number of ether oxygens (including phenoxy) is 1. The van der Waals surface area contributed by atoms with E-state index in [2.05, 4.69) is 10.2 Å². The summed E-state index contributed by atoms with van der Waals surface area (Å²) in [5.74, 6) is 0.923. The van der Waals surface area contributed by atoms with Gasteiger partial charge in [0.15, 0.2) is 0 Å². The fourth-order valence-corrected chi connectivity index (χ4v) is 2.16. The van der Waals surface area contributed by atoms with Crippen molar-refractivity contribution >= 4 is 17.3 Å². The SMILES string of the molecule is CC(C)Oc1ccc(Cl)cc1N1CCNCC1. The van der Waals surface area contributed by atoms with Crippen LogP contribution < -0.4 is 15.0 Å². The summed E-state index contributed by atoms with van der Waals surface area (Å²) in [6, 6.07) is 5.83. The Morgan fingerprint density at radius 1 is 1.29 bits per heavy atom. The summed E-state index contributed by atoms with van der Waals surface area (Å²) < 4.78 is 5.83. The summed E-state index contributed by atoms with van der Waals surface area (Å²) in [6.07, 6.45) is 0.179. The molecule has 94 valence electrons. The second-order valence-corrected chi connectivity index (χ2v) is 4.95. The molecule has 3 nitrogen and oxygen atoms in total. The quantitative estimate of drug-likeness (QED) is 0.897. The molecule has 4 heteroatoms. The Bertz CT molecular complexity index is 376. The Labute approximate surface area is 108 Å². The lowest BCUT2D eigenvalue weighted by Crippen LogP contribution is -2.43. The molecule has 0 radical (unpaired) electrons. The fourth-order valence-electron chi connectivity index (χ4n) is 2.00. The molecular weight excluding hydrogens is 236 g/mol. The zero-order chi connectivity index (χ0) is 12.3. The maximum absolute atomic E-state index is 6.07. The number of nitrogens with zero attached hydrogens (tertiary/aromatic N) is 1. The first kappa shape index (κ1) is 12.5. The van der Waals surface area contributed by atoms with Gasteiger partial charge in [0.2, 0.25) is 0 Å². The molecule has 0 aliphatic carbocycles. The molecule has 0 spiro atoms. The molecule has 1 aliphatic heterocycles. The maximum Gasteiger partial charge on any atom is 0.143 e. The summed E-state index contributed by atoms with van der Waals surface area (Å²) in [4.78, 5) is 2.32. The first-order chi connectivity index (χ1) is 8.16. The topological polar surface area (TPSA) is 24.5 Å². The molecule has 17 heavy (non-hydrogen) atoms. The smallest absolute Gasteiger partial charge is 0.143 e. The van der Waals surface area contributed by atoms with Crippen LogP contribution in [0.25, 0.3) is 0 Å². The molecule has 1 saturated heterocycles. The van der Waals surface area contributed by atoms with Gasteiger partial charge in [-0.1, -0.05) is 11.6 Å². The minimum Gasteiger partial charge on any atom is -0.489 e. The van der Waals surface area contributed by atoms with Gasteiger partial charge >= 0.3 is 0 Å². The molecule has 2 rings (SSSR count). The standard InChI is InChI=1S/C13H19ClN2O/c1-10(2)17-13-4-3-11(14)9-12(13)16-7-5-15-6-8-16/h3-4,9-10,15H,5-8H2,1-2H3. The molecule has 1 fully saturated rings. The minimum absolute atomic E-state index is 0.179. The van der Waals surface area contributed by atoms with Crippen molar-refractivity contribution in [2.45, 2.75) is 20.0 Å². The Morgan fingerprint density at radius 3 is 2.65 bits per heavy atom. The molecular formula is C13H19ClN2O. The molecule has 1 aliphatic rings. The number of hydrogen-bond acceptors (Lipinski definition) is 3. The van der Waals surface area contributed by atoms with Gasteiger partial charge < -0.3 is 15.0 Å². The van der Waals surface area contributed by atoms with E-state index in [4.69, 9.17) is 16.3 Å². The van der Waals surface area contributed by atoms with Crippen LogP contribution >= 0.6 is 11.6 Å². The van der Waals surface area contributed by atoms with E-state index in [1.807, 2.05) is 32.0 Å². The summed E-state index contributed by atoms with van der Waals surface area (Å²) in [5.41, 5.74) is 1.10. The zero-order valence-electron chi connectivity index (χ0n) is 10.4. The Morgan fingerprint density at radius 2 is 2.00 bits per heavy atom. The predicted octanol–water partition coefficient (Wildman–Crippen LogP) is 2.54. The predicted molar refractivity (Wildman–Crippen MR) is 72.3 cm³/mol. The molecule has 0 amide bonds. The van der Waals surface area contributed by atoms with E-state index >= 15 is 0 Å². The van der Waals surface area contributed by atoms with Crippen molar-refractivity contribution in [3.63, 3.8) is 0 Å². The van der Waals surface area contributed by atoms with Gasteiger partial charge in [-0.2, -0.15) is 0 Å². The maximum atomic E-state index is 6.07. The van der Waals surface area contributed by atoms with E-state index in [0.29, 0.717) is 0 Å². The number of nitrogens with one attached hydrogen (secondary N) is 1. The highest BCUT2D eigenvalue weighted by atomic mass is 35.5. The summed E-state index contributed by atoms with van der Waals surface area (Å²) in [5, 5.41) is 4.10. The van der Waals surface area contributed by atoms with Gasteiger partial charge in [0.1, 0.15) is 5.75 Å². The Balaban J connectivity index is 2.25. The lowest BCUT2D eigenvalue weighted by Gasteiger charge is -2.31. The number of piperazine rings is 1. The monoisotopic (exact) mass is 254 g/mol. The van der Waals surface area contributed by atoms with E-state index in [1.165, 1.54) is 0 Å². The lowest BCUT2D eigenvalue weighted by molar-refractivity contribution is 0.242. The lowest BCUT2D eigenvalue weighted by atomic mass is 10.2. The normalized spacial score (nSPS) is 16.4. The zero-order valence-corrected chi connectivity index (χ0v) is 11.1. The van der Waals surface area contributed by atoms with Crippen LogP contribution in [0.3, 0.4) is 0 Å². The average molecular weight is 255 g/mol. The molecule has 1 heterocycles. The van der Waals surface area contributed by atoms with Gasteiger partial charge in [0.05, 0.1) is 11.8 Å².